The van der Waals surface area contributed by atoms with E-state index < -0.39 is 5.97 Å². The third kappa shape index (κ3) is 3.13. The second-order valence-electron chi connectivity index (χ2n) is 5.27. The van der Waals surface area contributed by atoms with Gasteiger partial charge in [-0.3, -0.25) is 14.7 Å². The van der Waals surface area contributed by atoms with E-state index in [1.54, 1.807) is 0 Å². The number of likely N-dealkylation sites (tertiary alicyclic amines) is 1. The van der Waals surface area contributed by atoms with Crippen molar-refractivity contribution in [2.75, 3.05) is 6.54 Å². The highest BCUT2D eigenvalue weighted by Gasteiger charge is 2.33. The predicted molar refractivity (Wildman–Crippen MR) is 74.0 cm³/mol. The van der Waals surface area contributed by atoms with Crippen molar-refractivity contribution in [2.45, 2.75) is 51.6 Å². The SMILES string of the molecule is CCC(c1ccc(C)cn1)N1CCCCC1C(=O)O. The summed E-state index contributed by atoms with van der Waals surface area (Å²) >= 11 is 0. The van der Waals surface area contributed by atoms with Crippen LogP contribution >= 0.6 is 0 Å². The molecule has 2 unspecified atom stereocenters. The molecule has 2 atom stereocenters. The second kappa shape index (κ2) is 6.15. The largest absolute Gasteiger partial charge is 0.480 e. The molecule has 1 aliphatic heterocycles. The van der Waals surface area contributed by atoms with Crippen LogP contribution < -0.4 is 0 Å². The highest BCUT2D eigenvalue weighted by atomic mass is 16.4. The maximum atomic E-state index is 11.4. The molecule has 4 nitrogen and oxygen atoms in total. The number of piperidine rings is 1. The van der Waals surface area contributed by atoms with Crippen LogP contribution in [0.2, 0.25) is 0 Å². The first-order chi connectivity index (χ1) is 9.13. The molecule has 1 saturated heterocycles. The van der Waals surface area contributed by atoms with Gasteiger partial charge in [0.1, 0.15) is 6.04 Å². The van der Waals surface area contributed by atoms with Crippen LogP contribution in [0, 0.1) is 6.92 Å². The van der Waals surface area contributed by atoms with E-state index >= 15 is 0 Å². The van der Waals surface area contributed by atoms with E-state index in [0.717, 1.165) is 43.5 Å². The Morgan fingerprint density at radius 1 is 1.53 bits per heavy atom. The molecule has 19 heavy (non-hydrogen) atoms. The number of carboxylic acid groups (broad SMARTS) is 1. The Morgan fingerprint density at radius 3 is 2.89 bits per heavy atom. The molecule has 2 rings (SSSR count). The third-order valence-corrected chi connectivity index (χ3v) is 3.89. The minimum absolute atomic E-state index is 0.113. The van der Waals surface area contributed by atoms with E-state index in [2.05, 4.69) is 16.8 Å². The smallest absolute Gasteiger partial charge is 0.320 e. The van der Waals surface area contributed by atoms with Crippen molar-refractivity contribution >= 4 is 5.97 Å². The molecule has 2 heterocycles. The maximum absolute atomic E-state index is 11.4. The Kier molecular flexibility index (Phi) is 4.53. The summed E-state index contributed by atoms with van der Waals surface area (Å²) in [5.41, 5.74) is 2.12. The molecule has 1 aromatic rings. The van der Waals surface area contributed by atoms with E-state index in [4.69, 9.17) is 0 Å². The molecule has 1 N–H and O–H groups in total. The first kappa shape index (κ1) is 14.0. The predicted octanol–water partition coefficient (Wildman–Crippen LogP) is 2.78. The van der Waals surface area contributed by atoms with Crippen molar-refractivity contribution in [3.63, 3.8) is 0 Å². The van der Waals surface area contributed by atoms with E-state index in [-0.39, 0.29) is 12.1 Å². The summed E-state index contributed by atoms with van der Waals surface area (Å²) < 4.78 is 0. The normalized spacial score (nSPS) is 22.1. The van der Waals surface area contributed by atoms with E-state index in [9.17, 15) is 9.90 Å². The number of aliphatic carboxylic acids is 1. The summed E-state index contributed by atoms with van der Waals surface area (Å²) in [6.45, 7) is 4.96. The lowest BCUT2D eigenvalue weighted by atomic mass is 9.97. The van der Waals surface area contributed by atoms with Gasteiger partial charge in [-0.25, -0.2) is 0 Å². The fourth-order valence-corrected chi connectivity index (χ4v) is 2.88. The first-order valence-corrected chi connectivity index (χ1v) is 7.04. The van der Waals surface area contributed by atoms with Crippen molar-refractivity contribution < 1.29 is 9.90 Å². The zero-order chi connectivity index (χ0) is 13.8. The Hall–Kier alpha value is -1.42. The van der Waals surface area contributed by atoms with Gasteiger partial charge in [-0.05, 0) is 44.4 Å². The van der Waals surface area contributed by atoms with E-state index in [0.29, 0.717) is 0 Å². The van der Waals surface area contributed by atoms with Crippen molar-refractivity contribution in [2.24, 2.45) is 0 Å². The second-order valence-corrected chi connectivity index (χ2v) is 5.27. The Bertz CT molecular complexity index is 430. The van der Waals surface area contributed by atoms with Gasteiger partial charge < -0.3 is 5.11 Å². The van der Waals surface area contributed by atoms with Gasteiger partial charge in [-0.1, -0.05) is 19.4 Å². The molecule has 0 aromatic carbocycles. The third-order valence-electron chi connectivity index (χ3n) is 3.89. The lowest BCUT2D eigenvalue weighted by Crippen LogP contribution is -2.46. The average molecular weight is 262 g/mol. The van der Waals surface area contributed by atoms with Gasteiger partial charge in [0.2, 0.25) is 0 Å². The average Bonchev–Trinajstić information content (AvgIpc) is 2.42. The summed E-state index contributed by atoms with van der Waals surface area (Å²) in [6, 6.07) is 3.82. The monoisotopic (exact) mass is 262 g/mol. The number of aromatic nitrogens is 1. The fourth-order valence-electron chi connectivity index (χ4n) is 2.88. The lowest BCUT2D eigenvalue weighted by molar-refractivity contribution is -0.146. The molecule has 0 saturated carbocycles. The van der Waals surface area contributed by atoms with Gasteiger partial charge in [0.05, 0.1) is 11.7 Å². The molecular formula is C15H22N2O2. The molecule has 0 amide bonds. The Morgan fingerprint density at radius 2 is 2.32 bits per heavy atom. The highest BCUT2D eigenvalue weighted by Crippen LogP contribution is 2.30. The van der Waals surface area contributed by atoms with Crippen LogP contribution in [0.3, 0.4) is 0 Å². The molecule has 104 valence electrons. The van der Waals surface area contributed by atoms with Gasteiger partial charge in [0.15, 0.2) is 0 Å². The van der Waals surface area contributed by atoms with Crippen molar-refractivity contribution in [1.29, 1.82) is 0 Å². The molecule has 1 fully saturated rings. The number of carbonyl (C=O) groups is 1. The molecule has 1 aliphatic rings. The van der Waals surface area contributed by atoms with E-state index in [1.807, 2.05) is 25.3 Å². The summed E-state index contributed by atoms with van der Waals surface area (Å²) in [6.07, 6.45) is 5.58. The van der Waals surface area contributed by atoms with E-state index in [1.165, 1.54) is 0 Å². The molecule has 0 radical (unpaired) electrons. The number of carboxylic acids is 1. The van der Waals surface area contributed by atoms with Crippen molar-refractivity contribution in [1.82, 2.24) is 9.88 Å². The van der Waals surface area contributed by atoms with Gasteiger partial charge in [-0.2, -0.15) is 0 Å². The summed E-state index contributed by atoms with van der Waals surface area (Å²) in [7, 11) is 0. The molecular weight excluding hydrogens is 240 g/mol. The molecule has 4 heteroatoms. The number of aryl methyl sites for hydroxylation is 1. The van der Waals surface area contributed by atoms with Crippen LogP contribution in [0.4, 0.5) is 0 Å². The van der Waals surface area contributed by atoms with Crippen LogP contribution in [0.25, 0.3) is 0 Å². The fraction of sp³-hybridized carbons (Fsp3) is 0.600. The standard InChI is InChI=1S/C15H22N2O2/c1-3-13(12-8-7-11(2)10-16-12)17-9-5-4-6-14(17)15(18)19/h7-8,10,13-14H,3-6,9H2,1-2H3,(H,18,19). The first-order valence-electron chi connectivity index (χ1n) is 7.04. The number of hydrogen-bond acceptors (Lipinski definition) is 3. The van der Waals surface area contributed by atoms with Crippen LogP contribution in [-0.2, 0) is 4.79 Å². The van der Waals surface area contributed by atoms with Crippen molar-refractivity contribution in [3.8, 4) is 0 Å². The topological polar surface area (TPSA) is 53.4 Å². The maximum Gasteiger partial charge on any atom is 0.320 e. The molecule has 0 aliphatic carbocycles. The number of rotatable bonds is 4. The molecule has 0 bridgehead atoms. The van der Waals surface area contributed by atoms with Crippen LogP contribution in [0.15, 0.2) is 18.3 Å². The van der Waals surface area contributed by atoms with Gasteiger partial charge in [-0.15, -0.1) is 0 Å². The highest BCUT2D eigenvalue weighted by molar-refractivity contribution is 5.73. The lowest BCUT2D eigenvalue weighted by Gasteiger charge is -2.38. The zero-order valence-corrected chi connectivity index (χ0v) is 11.7. The molecule has 0 spiro atoms. The van der Waals surface area contributed by atoms with Crippen LogP contribution in [0.5, 0.6) is 0 Å². The summed E-state index contributed by atoms with van der Waals surface area (Å²) in [5.74, 6) is -0.703. The molecule has 1 aromatic heterocycles. The Balaban J connectivity index is 2.24. The van der Waals surface area contributed by atoms with Crippen LogP contribution in [0.1, 0.15) is 49.9 Å². The van der Waals surface area contributed by atoms with Crippen molar-refractivity contribution in [3.05, 3.63) is 29.6 Å². The van der Waals surface area contributed by atoms with Crippen LogP contribution in [-0.4, -0.2) is 33.5 Å². The zero-order valence-electron chi connectivity index (χ0n) is 11.7. The quantitative estimate of drug-likeness (QED) is 0.906. The number of pyridine rings is 1. The minimum atomic E-state index is -0.703. The summed E-state index contributed by atoms with van der Waals surface area (Å²) in [5, 5.41) is 9.38. The number of hydrogen-bond donors (Lipinski definition) is 1. The summed E-state index contributed by atoms with van der Waals surface area (Å²) in [4.78, 5) is 18.0. The number of nitrogens with zero attached hydrogens (tertiary/aromatic N) is 2. The van der Waals surface area contributed by atoms with Gasteiger partial charge >= 0.3 is 5.97 Å². The van der Waals surface area contributed by atoms with Gasteiger partial charge in [0, 0.05) is 6.20 Å². The Labute approximate surface area is 114 Å². The van der Waals surface area contributed by atoms with Gasteiger partial charge in [0.25, 0.3) is 0 Å². The minimum Gasteiger partial charge on any atom is -0.480 e.